The fourth-order valence-electron chi connectivity index (χ4n) is 3.16. The van der Waals surface area contributed by atoms with Crippen molar-refractivity contribution in [3.63, 3.8) is 0 Å². The maximum Gasteiger partial charge on any atom is 0.254 e. The Balaban J connectivity index is 2.19. The van der Waals surface area contributed by atoms with E-state index < -0.39 is 0 Å². The second-order valence-corrected chi connectivity index (χ2v) is 5.87. The first-order valence-corrected chi connectivity index (χ1v) is 8.28. The second-order valence-electron chi connectivity index (χ2n) is 5.87. The van der Waals surface area contributed by atoms with Crippen LogP contribution in [0, 0.1) is 0 Å². The summed E-state index contributed by atoms with van der Waals surface area (Å²) >= 11 is 0. The van der Waals surface area contributed by atoms with E-state index in [1.165, 1.54) is 0 Å². The van der Waals surface area contributed by atoms with Crippen LogP contribution >= 0.6 is 0 Å². The van der Waals surface area contributed by atoms with Gasteiger partial charge in [0.25, 0.3) is 5.91 Å². The molecule has 1 saturated heterocycles. The Morgan fingerprint density at radius 2 is 2.21 bits per heavy atom. The zero-order valence-electron chi connectivity index (χ0n) is 14.5. The van der Waals surface area contributed by atoms with Crippen LogP contribution in [0.1, 0.15) is 36.0 Å². The summed E-state index contributed by atoms with van der Waals surface area (Å²) < 4.78 is 5.58. The van der Waals surface area contributed by atoms with Gasteiger partial charge in [0.1, 0.15) is 5.82 Å². The molecule has 132 valence electrons. The highest BCUT2D eigenvalue weighted by molar-refractivity contribution is 5.95. The van der Waals surface area contributed by atoms with E-state index >= 15 is 0 Å². The first-order chi connectivity index (χ1) is 11.6. The van der Waals surface area contributed by atoms with Crippen molar-refractivity contribution in [3.05, 3.63) is 23.9 Å². The number of hydrogen-bond donors (Lipinski definition) is 2. The number of carbonyl (C=O) groups excluding carboxylic acids is 2. The first kappa shape index (κ1) is 18.2. The number of ether oxygens (including phenoxy) is 1. The minimum absolute atomic E-state index is 0.0239. The minimum atomic E-state index is -0.0975. The summed E-state index contributed by atoms with van der Waals surface area (Å²) in [5, 5.41) is 5.57. The predicted molar refractivity (Wildman–Crippen MR) is 91.9 cm³/mol. The van der Waals surface area contributed by atoms with Gasteiger partial charge in [-0.05, 0) is 31.4 Å². The van der Waals surface area contributed by atoms with E-state index in [1.54, 1.807) is 39.5 Å². The van der Waals surface area contributed by atoms with E-state index in [2.05, 4.69) is 15.6 Å². The fourth-order valence-corrected chi connectivity index (χ4v) is 3.16. The zero-order chi connectivity index (χ0) is 17.5. The maximum atomic E-state index is 13.0. The van der Waals surface area contributed by atoms with Crippen LogP contribution in [0.3, 0.4) is 0 Å². The van der Waals surface area contributed by atoms with Gasteiger partial charge in [0, 0.05) is 45.9 Å². The highest BCUT2D eigenvalue weighted by Gasteiger charge is 2.35. The van der Waals surface area contributed by atoms with E-state index in [9.17, 15) is 9.59 Å². The van der Waals surface area contributed by atoms with E-state index in [1.807, 2.05) is 4.90 Å². The van der Waals surface area contributed by atoms with Crippen LogP contribution in [0.2, 0.25) is 0 Å². The van der Waals surface area contributed by atoms with E-state index in [-0.39, 0.29) is 24.0 Å². The van der Waals surface area contributed by atoms with Crippen molar-refractivity contribution in [2.75, 3.05) is 33.1 Å². The van der Waals surface area contributed by atoms with E-state index in [0.717, 1.165) is 12.8 Å². The SMILES string of the molecule is CNC(=O)CC[C@H]1[C@@H](OC)CCCN1C(=O)c1ccnc(NC)c1. The normalized spacial score (nSPS) is 20.5. The summed E-state index contributed by atoms with van der Waals surface area (Å²) in [6.45, 7) is 0.675. The lowest BCUT2D eigenvalue weighted by Gasteiger charge is -2.40. The number of methoxy groups -OCH3 is 1. The monoisotopic (exact) mass is 334 g/mol. The van der Waals surface area contributed by atoms with Crippen LogP contribution in [0.5, 0.6) is 0 Å². The summed E-state index contributed by atoms with van der Waals surface area (Å²) in [7, 11) is 5.05. The molecule has 0 aromatic carbocycles. The van der Waals surface area contributed by atoms with Gasteiger partial charge in [0.15, 0.2) is 0 Å². The molecule has 0 saturated carbocycles. The number of rotatable bonds is 6. The van der Waals surface area contributed by atoms with Gasteiger partial charge in [0.2, 0.25) is 5.91 Å². The molecule has 0 spiro atoms. The van der Waals surface area contributed by atoms with Gasteiger partial charge in [-0.3, -0.25) is 9.59 Å². The van der Waals surface area contributed by atoms with Gasteiger partial charge >= 0.3 is 0 Å². The fraction of sp³-hybridized carbons (Fsp3) is 0.588. The van der Waals surface area contributed by atoms with Gasteiger partial charge in [-0.15, -0.1) is 0 Å². The van der Waals surface area contributed by atoms with Crippen molar-refractivity contribution in [1.82, 2.24) is 15.2 Å². The third-order valence-electron chi connectivity index (χ3n) is 4.49. The molecule has 1 aromatic rings. The lowest BCUT2D eigenvalue weighted by atomic mass is 9.93. The zero-order valence-corrected chi connectivity index (χ0v) is 14.5. The van der Waals surface area contributed by atoms with Crippen molar-refractivity contribution >= 4 is 17.6 Å². The Labute approximate surface area is 142 Å². The minimum Gasteiger partial charge on any atom is -0.379 e. The van der Waals surface area contributed by atoms with E-state index in [4.69, 9.17) is 4.74 Å². The van der Waals surface area contributed by atoms with Crippen LogP contribution in [-0.2, 0) is 9.53 Å². The highest BCUT2D eigenvalue weighted by atomic mass is 16.5. The third-order valence-corrected chi connectivity index (χ3v) is 4.49. The Kier molecular flexibility index (Phi) is 6.54. The number of carbonyl (C=O) groups is 2. The van der Waals surface area contributed by atoms with Crippen LogP contribution in [0.15, 0.2) is 18.3 Å². The largest absolute Gasteiger partial charge is 0.379 e. The predicted octanol–water partition coefficient (Wildman–Crippen LogP) is 1.27. The lowest BCUT2D eigenvalue weighted by molar-refractivity contribution is -0.121. The van der Waals surface area contributed by atoms with Crippen LogP contribution in [-0.4, -0.2) is 61.6 Å². The molecule has 1 aliphatic rings. The lowest BCUT2D eigenvalue weighted by Crippen LogP contribution is -2.52. The first-order valence-electron chi connectivity index (χ1n) is 8.28. The Bertz CT molecular complexity index is 579. The molecule has 2 N–H and O–H groups in total. The molecule has 1 aromatic heterocycles. The molecule has 0 unspecified atom stereocenters. The smallest absolute Gasteiger partial charge is 0.254 e. The molecule has 2 atom stereocenters. The van der Waals surface area contributed by atoms with Gasteiger partial charge < -0.3 is 20.3 Å². The average molecular weight is 334 g/mol. The van der Waals surface area contributed by atoms with Crippen LogP contribution in [0.4, 0.5) is 5.82 Å². The average Bonchev–Trinajstić information content (AvgIpc) is 2.65. The summed E-state index contributed by atoms with van der Waals surface area (Å²) in [5.41, 5.74) is 0.594. The molecule has 1 fully saturated rings. The number of piperidine rings is 1. The molecule has 24 heavy (non-hydrogen) atoms. The molecule has 2 amide bonds. The standard InChI is InChI=1S/C17H26N4O3/c1-18-15-11-12(8-9-20-15)17(23)21-10-4-5-14(24-3)13(21)6-7-16(22)19-2/h8-9,11,13-14H,4-7,10H2,1-3H3,(H,18,20)(H,19,22)/t13-,14-/m0/s1. The summed E-state index contributed by atoms with van der Waals surface area (Å²) in [5.74, 6) is 0.588. The summed E-state index contributed by atoms with van der Waals surface area (Å²) in [6, 6.07) is 3.36. The molecule has 7 heteroatoms. The van der Waals surface area contributed by atoms with Crippen molar-refractivity contribution in [2.24, 2.45) is 0 Å². The molecule has 2 heterocycles. The number of likely N-dealkylation sites (tertiary alicyclic amines) is 1. The summed E-state index contributed by atoms with van der Waals surface area (Å²) in [6.07, 6.45) is 4.34. The Morgan fingerprint density at radius 3 is 2.88 bits per heavy atom. The van der Waals surface area contributed by atoms with Crippen molar-refractivity contribution < 1.29 is 14.3 Å². The topological polar surface area (TPSA) is 83.6 Å². The van der Waals surface area contributed by atoms with Gasteiger partial charge in [-0.2, -0.15) is 0 Å². The van der Waals surface area contributed by atoms with Gasteiger partial charge in [0.05, 0.1) is 12.1 Å². The number of anilines is 1. The van der Waals surface area contributed by atoms with E-state index in [0.29, 0.717) is 30.8 Å². The molecule has 2 rings (SSSR count). The van der Waals surface area contributed by atoms with Crippen molar-refractivity contribution in [3.8, 4) is 0 Å². The Hall–Kier alpha value is -2.15. The third kappa shape index (κ3) is 4.23. The summed E-state index contributed by atoms with van der Waals surface area (Å²) in [4.78, 5) is 30.6. The highest BCUT2D eigenvalue weighted by Crippen LogP contribution is 2.26. The second kappa shape index (κ2) is 8.63. The number of pyridine rings is 1. The van der Waals surface area contributed by atoms with Gasteiger partial charge in [-0.25, -0.2) is 4.98 Å². The Morgan fingerprint density at radius 1 is 1.42 bits per heavy atom. The van der Waals surface area contributed by atoms with Crippen molar-refractivity contribution in [2.45, 2.75) is 37.8 Å². The molecule has 0 radical (unpaired) electrons. The molecular weight excluding hydrogens is 308 g/mol. The molecular formula is C17H26N4O3. The van der Waals surface area contributed by atoms with Gasteiger partial charge in [-0.1, -0.05) is 0 Å². The number of amides is 2. The molecule has 7 nitrogen and oxygen atoms in total. The number of nitrogens with one attached hydrogen (secondary N) is 2. The molecule has 1 aliphatic heterocycles. The van der Waals surface area contributed by atoms with Crippen LogP contribution < -0.4 is 10.6 Å². The van der Waals surface area contributed by atoms with Crippen LogP contribution in [0.25, 0.3) is 0 Å². The number of aromatic nitrogens is 1. The number of hydrogen-bond acceptors (Lipinski definition) is 5. The maximum absolute atomic E-state index is 13.0. The molecule has 0 bridgehead atoms. The quantitative estimate of drug-likeness (QED) is 0.818. The van der Waals surface area contributed by atoms with Crippen molar-refractivity contribution in [1.29, 1.82) is 0 Å². The molecule has 0 aliphatic carbocycles. The number of nitrogens with zero attached hydrogens (tertiary/aromatic N) is 2.